The van der Waals surface area contributed by atoms with Crippen LogP contribution in [0.15, 0.2) is 54.6 Å². The number of hydrogen-bond acceptors (Lipinski definition) is 7. The minimum absolute atomic E-state index is 0.114. The topological polar surface area (TPSA) is 108 Å². The quantitative estimate of drug-likeness (QED) is 0.429. The van der Waals surface area contributed by atoms with Crippen LogP contribution in [0.2, 0.25) is 5.02 Å². The number of fused-ring (bicyclic) bond motifs is 3. The summed E-state index contributed by atoms with van der Waals surface area (Å²) in [6.45, 7) is 0.300. The summed E-state index contributed by atoms with van der Waals surface area (Å²) in [7, 11) is 0. The molecule has 1 aliphatic heterocycles. The van der Waals surface area contributed by atoms with Crippen LogP contribution < -0.4 is 14.8 Å². The van der Waals surface area contributed by atoms with Gasteiger partial charge in [-0.15, -0.1) is 0 Å². The zero-order valence-electron chi connectivity index (χ0n) is 18.3. The molecule has 5 rings (SSSR count). The molecular weight excluding hydrogens is 474 g/mol. The van der Waals surface area contributed by atoms with E-state index in [4.69, 9.17) is 25.8 Å². The van der Waals surface area contributed by atoms with E-state index in [2.05, 4.69) is 5.32 Å². The largest absolute Gasteiger partial charge is 0.489 e. The van der Waals surface area contributed by atoms with Crippen LogP contribution in [0.25, 0.3) is 0 Å². The first-order valence-electron chi connectivity index (χ1n) is 10.8. The smallest absolute Gasteiger partial charge is 0.338 e. The lowest BCUT2D eigenvalue weighted by Gasteiger charge is -2.18. The molecule has 0 saturated carbocycles. The van der Waals surface area contributed by atoms with Crippen molar-refractivity contribution >= 4 is 40.7 Å². The molecule has 1 amide bonds. The first kappa shape index (κ1) is 22.6. The van der Waals surface area contributed by atoms with E-state index in [1.807, 2.05) is 0 Å². The van der Waals surface area contributed by atoms with Crippen LogP contribution in [-0.4, -0.2) is 43.3 Å². The zero-order valence-corrected chi connectivity index (χ0v) is 19.0. The highest BCUT2D eigenvalue weighted by molar-refractivity contribution is 6.32. The van der Waals surface area contributed by atoms with Gasteiger partial charge in [-0.05, 0) is 30.3 Å². The minimum Gasteiger partial charge on any atom is -0.489 e. The van der Waals surface area contributed by atoms with Gasteiger partial charge in [0.05, 0.1) is 23.8 Å². The molecule has 0 aromatic heterocycles. The number of ether oxygens (including phenoxy) is 3. The van der Waals surface area contributed by atoms with Crippen molar-refractivity contribution in [3.05, 3.63) is 87.4 Å². The predicted molar refractivity (Wildman–Crippen MR) is 126 cm³/mol. The first-order valence-corrected chi connectivity index (χ1v) is 11.2. The maximum absolute atomic E-state index is 12.9. The third-order valence-electron chi connectivity index (χ3n) is 5.58. The van der Waals surface area contributed by atoms with Crippen molar-refractivity contribution < 1.29 is 33.4 Å². The van der Waals surface area contributed by atoms with Crippen LogP contribution in [0.1, 0.15) is 48.6 Å². The predicted octanol–water partition coefficient (Wildman–Crippen LogP) is 4.07. The molecule has 0 spiro atoms. The highest BCUT2D eigenvalue weighted by Gasteiger charge is 2.29. The van der Waals surface area contributed by atoms with Gasteiger partial charge in [-0.25, -0.2) is 4.79 Å². The molecule has 1 aliphatic carbocycles. The Morgan fingerprint density at radius 2 is 1.57 bits per heavy atom. The van der Waals surface area contributed by atoms with Gasteiger partial charge < -0.3 is 19.5 Å². The van der Waals surface area contributed by atoms with Crippen molar-refractivity contribution in [3.8, 4) is 11.5 Å². The summed E-state index contributed by atoms with van der Waals surface area (Å²) in [5, 5.41) is 2.78. The fourth-order valence-electron chi connectivity index (χ4n) is 3.94. The normalized spacial score (nSPS) is 13.9. The number of carbonyl (C=O) groups is 4. The van der Waals surface area contributed by atoms with Crippen LogP contribution in [0.5, 0.6) is 11.5 Å². The molecule has 0 atom stereocenters. The number of benzene rings is 3. The summed E-state index contributed by atoms with van der Waals surface area (Å²) >= 11 is 6.20. The molecule has 3 aromatic rings. The number of halogens is 1. The van der Waals surface area contributed by atoms with Crippen molar-refractivity contribution in [1.82, 2.24) is 0 Å². The molecule has 8 nitrogen and oxygen atoms in total. The van der Waals surface area contributed by atoms with Crippen molar-refractivity contribution in [1.29, 1.82) is 0 Å². The van der Waals surface area contributed by atoms with Gasteiger partial charge in [-0.1, -0.05) is 35.9 Å². The third kappa shape index (κ3) is 4.36. The van der Waals surface area contributed by atoms with E-state index < -0.39 is 18.5 Å². The maximum atomic E-state index is 12.9. The first-order chi connectivity index (χ1) is 16.9. The fraction of sp³-hybridized carbons (Fsp3) is 0.154. The second kappa shape index (κ2) is 9.23. The maximum Gasteiger partial charge on any atom is 0.338 e. The standard InChI is InChI=1S/C26H18ClNO7/c27-20-10-14(11-21-25(20)34-9-3-8-33-21)26(32)35-13-22(29)28-15-6-7-18-19(12-15)24(31)17-5-2-1-4-16(17)23(18)30/h1-2,4-7,10-12H,3,8-9,13H2,(H,28,29). The van der Waals surface area contributed by atoms with Crippen molar-refractivity contribution in [2.75, 3.05) is 25.1 Å². The summed E-state index contributed by atoms with van der Waals surface area (Å²) in [5.41, 5.74) is 1.54. The number of amides is 1. The number of esters is 1. The van der Waals surface area contributed by atoms with Crippen LogP contribution in [0, 0.1) is 0 Å². The lowest BCUT2D eigenvalue weighted by atomic mass is 9.84. The van der Waals surface area contributed by atoms with Crippen molar-refractivity contribution in [3.63, 3.8) is 0 Å². The summed E-state index contributed by atoms with van der Waals surface area (Å²) < 4.78 is 16.2. The monoisotopic (exact) mass is 491 g/mol. The molecular formula is C26H18ClNO7. The van der Waals surface area contributed by atoms with E-state index in [-0.39, 0.29) is 33.3 Å². The second-order valence-corrected chi connectivity index (χ2v) is 8.33. The van der Waals surface area contributed by atoms with Gasteiger partial charge in [0, 0.05) is 34.4 Å². The number of ketones is 2. The summed E-state index contributed by atoms with van der Waals surface area (Å²) in [6.07, 6.45) is 0.680. The van der Waals surface area contributed by atoms with Gasteiger partial charge in [0.25, 0.3) is 5.91 Å². The number of anilines is 1. The van der Waals surface area contributed by atoms with Crippen LogP contribution in [-0.2, 0) is 9.53 Å². The van der Waals surface area contributed by atoms with Gasteiger partial charge in [0.1, 0.15) is 0 Å². The molecule has 35 heavy (non-hydrogen) atoms. The van der Waals surface area contributed by atoms with E-state index in [0.717, 1.165) is 0 Å². The SMILES string of the molecule is O=C(COC(=O)c1cc(Cl)c2c(c1)OCCCO2)Nc1ccc2c(c1)C(=O)c1ccccc1C2=O. The molecule has 0 saturated heterocycles. The van der Waals surface area contributed by atoms with Crippen LogP contribution in [0.3, 0.4) is 0 Å². The molecule has 1 heterocycles. The number of nitrogens with one attached hydrogen (secondary N) is 1. The third-order valence-corrected chi connectivity index (χ3v) is 5.86. The zero-order chi connectivity index (χ0) is 24.5. The van der Waals surface area contributed by atoms with Gasteiger partial charge >= 0.3 is 5.97 Å². The molecule has 0 radical (unpaired) electrons. The van der Waals surface area contributed by atoms with E-state index in [1.54, 1.807) is 24.3 Å². The van der Waals surface area contributed by atoms with Gasteiger partial charge in [-0.3, -0.25) is 14.4 Å². The Morgan fingerprint density at radius 1 is 0.886 bits per heavy atom. The number of carbonyl (C=O) groups excluding carboxylic acids is 4. The average Bonchev–Trinajstić information content (AvgIpc) is 3.12. The molecule has 1 N–H and O–H groups in total. The molecule has 3 aromatic carbocycles. The summed E-state index contributed by atoms with van der Waals surface area (Å²) in [6, 6.07) is 13.9. The minimum atomic E-state index is -0.763. The highest BCUT2D eigenvalue weighted by atomic mass is 35.5. The van der Waals surface area contributed by atoms with E-state index in [9.17, 15) is 19.2 Å². The number of rotatable bonds is 4. The van der Waals surface area contributed by atoms with E-state index >= 15 is 0 Å². The Balaban J connectivity index is 1.26. The van der Waals surface area contributed by atoms with Gasteiger partial charge in [-0.2, -0.15) is 0 Å². The Hall–Kier alpha value is -4.17. The van der Waals surface area contributed by atoms with Crippen molar-refractivity contribution in [2.24, 2.45) is 0 Å². The average molecular weight is 492 g/mol. The Labute approximate surface area is 204 Å². The number of hydrogen-bond donors (Lipinski definition) is 1. The lowest BCUT2D eigenvalue weighted by molar-refractivity contribution is -0.119. The van der Waals surface area contributed by atoms with E-state index in [0.29, 0.717) is 47.9 Å². The molecule has 0 unspecified atom stereocenters. The van der Waals surface area contributed by atoms with E-state index in [1.165, 1.54) is 30.3 Å². The van der Waals surface area contributed by atoms with Gasteiger partial charge in [0.15, 0.2) is 29.7 Å². The molecule has 176 valence electrons. The van der Waals surface area contributed by atoms with Crippen molar-refractivity contribution in [2.45, 2.75) is 6.42 Å². The summed E-state index contributed by atoms with van der Waals surface area (Å²) in [4.78, 5) is 50.4. The molecule has 2 aliphatic rings. The van der Waals surface area contributed by atoms with Crippen LogP contribution in [0.4, 0.5) is 5.69 Å². The van der Waals surface area contributed by atoms with Crippen LogP contribution >= 0.6 is 11.6 Å². The highest BCUT2D eigenvalue weighted by Crippen LogP contribution is 2.38. The van der Waals surface area contributed by atoms with Gasteiger partial charge in [0.2, 0.25) is 0 Å². The second-order valence-electron chi connectivity index (χ2n) is 7.92. The lowest BCUT2D eigenvalue weighted by Crippen LogP contribution is -2.23. The summed E-state index contributed by atoms with van der Waals surface area (Å²) in [5.74, 6) is -1.24. The molecule has 0 fully saturated rings. The molecule has 9 heteroatoms. The molecule has 0 bridgehead atoms. The Kier molecular flexibility index (Phi) is 5.96. The fourth-order valence-corrected chi connectivity index (χ4v) is 4.20. The Morgan fingerprint density at radius 3 is 2.34 bits per heavy atom. The Bertz CT molecular complexity index is 1400.